The van der Waals surface area contributed by atoms with Crippen LogP contribution in [0.15, 0.2) is 24.3 Å². The predicted octanol–water partition coefficient (Wildman–Crippen LogP) is 3.50. The fourth-order valence-electron chi connectivity index (χ4n) is 2.33. The van der Waals surface area contributed by atoms with Crippen molar-refractivity contribution in [3.63, 3.8) is 0 Å². The van der Waals surface area contributed by atoms with Crippen molar-refractivity contribution in [2.24, 2.45) is 5.92 Å². The number of nitrogens with one attached hydrogen (secondary N) is 1. The average molecular weight is 368 g/mol. The van der Waals surface area contributed by atoms with E-state index >= 15 is 0 Å². The van der Waals surface area contributed by atoms with Crippen LogP contribution in [0.2, 0.25) is 5.02 Å². The largest absolute Gasteiger partial charge is 0.466 e. The van der Waals surface area contributed by atoms with Crippen LogP contribution in [-0.4, -0.2) is 29.8 Å². The Bertz CT molecular complexity index is 627. The van der Waals surface area contributed by atoms with Crippen molar-refractivity contribution < 1.29 is 19.1 Å². The average Bonchev–Trinajstić information content (AvgIpc) is 2.54. The van der Waals surface area contributed by atoms with Gasteiger partial charge in [-0.25, -0.2) is 0 Å². The van der Waals surface area contributed by atoms with E-state index in [4.69, 9.17) is 16.3 Å². The van der Waals surface area contributed by atoms with Crippen LogP contribution in [0.25, 0.3) is 0 Å². The molecular formula is C19H26ClNO4. The van der Waals surface area contributed by atoms with Gasteiger partial charge in [-0.1, -0.05) is 37.6 Å². The number of ketones is 1. The van der Waals surface area contributed by atoms with E-state index in [1.807, 2.05) is 13.8 Å². The summed E-state index contributed by atoms with van der Waals surface area (Å²) in [5.74, 6) is -1.87. The van der Waals surface area contributed by atoms with Gasteiger partial charge in [-0.15, -0.1) is 0 Å². The number of rotatable bonds is 8. The second kappa shape index (κ2) is 8.99. The first-order valence-electron chi connectivity index (χ1n) is 8.38. The highest BCUT2D eigenvalue weighted by Crippen LogP contribution is 2.24. The molecule has 1 amide bonds. The van der Waals surface area contributed by atoms with Crippen molar-refractivity contribution in [2.75, 3.05) is 6.61 Å². The lowest BCUT2D eigenvalue weighted by Crippen LogP contribution is -2.57. The Morgan fingerprint density at radius 3 is 2.20 bits per heavy atom. The number of benzene rings is 1. The number of carbonyl (C=O) groups excluding carboxylic acids is 3. The van der Waals surface area contributed by atoms with E-state index in [1.54, 1.807) is 45.0 Å². The van der Waals surface area contributed by atoms with Crippen molar-refractivity contribution in [3.05, 3.63) is 34.9 Å². The monoisotopic (exact) mass is 367 g/mol. The number of hydrogen-bond donors (Lipinski definition) is 1. The molecule has 1 N–H and O–H groups in total. The van der Waals surface area contributed by atoms with Gasteiger partial charge in [0, 0.05) is 5.02 Å². The molecule has 138 valence electrons. The molecule has 1 aromatic rings. The normalized spacial score (nSPS) is 14.5. The van der Waals surface area contributed by atoms with Crippen LogP contribution >= 0.6 is 11.6 Å². The van der Waals surface area contributed by atoms with Crippen LogP contribution in [0.1, 0.15) is 52.5 Å². The number of hydrogen-bond acceptors (Lipinski definition) is 4. The lowest BCUT2D eigenvalue weighted by molar-refractivity contribution is -0.148. The molecule has 0 aromatic heterocycles. The van der Waals surface area contributed by atoms with Crippen molar-refractivity contribution in [1.82, 2.24) is 5.32 Å². The van der Waals surface area contributed by atoms with Crippen molar-refractivity contribution in [1.29, 1.82) is 0 Å². The van der Waals surface area contributed by atoms with Gasteiger partial charge in [0.2, 0.25) is 5.91 Å². The summed E-state index contributed by atoms with van der Waals surface area (Å²) in [7, 11) is 0. The molecule has 0 bridgehead atoms. The molecule has 1 rings (SSSR count). The zero-order valence-electron chi connectivity index (χ0n) is 15.4. The minimum absolute atomic E-state index is 0.184. The first-order chi connectivity index (χ1) is 11.6. The van der Waals surface area contributed by atoms with Gasteiger partial charge >= 0.3 is 5.97 Å². The summed E-state index contributed by atoms with van der Waals surface area (Å²) in [6.07, 6.45) is -0.363. The number of halogens is 1. The molecule has 6 heteroatoms. The molecule has 0 saturated carbocycles. The minimum Gasteiger partial charge on any atom is -0.466 e. The Morgan fingerprint density at radius 2 is 1.72 bits per heavy atom. The van der Waals surface area contributed by atoms with E-state index in [0.717, 1.165) is 5.56 Å². The second-order valence-electron chi connectivity index (χ2n) is 6.52. The first-order valence-corrected chi connectivity index (χ1v) is 8.76. The van der Waals surface area contributed by atoms with E-state index in [0.29, 0.717) is 5.02 Å². The summed E-state index contributed by atoms with van der Waals surface area (Å²) in [5, 5.41) is 3.41. The third-order valence-electron chi connectivity index (χ3n) is 4.49. The van der Waals surface area contributed by atoms with E-state index < -0.39 is 17.4 Å². The maximum absolute atomic E-state index is 12.7. The highest BCUT2D eigenvalue weighted by Gasteiger charge is 2.39. The third-order valence-corrected chi connectivity index (χ3v) is 4.74. The molecular weight excluding hydrogens is 342 g/mol. The highest BCUT2D eigenvalue weighted by atomic mass is 35.5. The molecule has 5 nitrogen and oxygen atoms in total. The molecule has 0 aliphatic rings. The van der Waals surface area contributed by atoms with Crippen molar-refractivity contribution >= 4 is 29.3 Å². The molecule has 2 atom stereocenters. The van der Waals surface area contributed by atoms with E-state index in [9.17, 15) is 14.4 Å². The predicted molar refractivity (Wildman–Crippen MR) is 97.5 cm³/mol. The van der Waals surface area contributed by atoms with E-state index in [1.165, 1.54) is 0 Å². The van der Waals surface area contributed by atoms with Gasteiger partial charge in [-0.3, -0.25) is 14.4 Å². The van der Waals surface area contributed by atoms with Gasteiger partial charge in [0.05, 0.1) is 18.1 Å². The Labute approximate surface area is 154 Å². The molecule has 0 spiro atoms. The van der Waals surface area contributed by atoms with Crippen molar-refractivity contribution in [3.8, 4) is 0 Å². The van der Waals surface area contributed by atoms with E-state index in [-0.39, 0.29) is 30.6 Å². The van der Waals surface area contributed by atoms with Crippen LogP contribution in [0.3, 0.4) is 0 Å². The SMILES string of the molecule is CCOC(=O)CC(=O)C(C)(NC(=O)C(C)c1ccc(Cl)cc1)C(C)C. The summed E-state index contributed by atoms with van der Waals surface area (Å²) in [5.41, 5.74) is -0.351. The number of esters is 1. The number of amides is 1. The fourth-order valence-corrected chi connectivity index (χ4v) is 2.46. The molecule has 0 fully saturated rings. The summed E-state index contributed by atoms with van der Waals surface area (Å²) >= 11 is 5.87. The molecule has 2 unspecified atom stereocenters. The van der Waals surface area contributed by atoms with Crippen LogP contribution < -0.4 is 5.32 Å². The highest BCUT2D eigenvalue weighted by molar-refractivity contribution is 6.30. The molecule has 0 heterocycles. The van der Waals surface area contributed by atoms with Gasteiger partial charge in [-0.2, -0.15) is 0 Å². The lowest BCUT2D eigenvalue weighted by Gasteiger charge is -2.34. The molecule has 0 aliphatic heterocycles. The molecule has 0 radical (unpaired) electrons. The summed E-state index contributed by atoms with van der Waals surface area (Å²) < 4.78 is 4.84. The molecule has 0 aliphatic carbocycles. The zero-order valence-corrected chi connectivity index (χ0v) is 16.1. The summed E-state index contributed by atoms with van der Waals surface area (Å²) in [6.45, 7) is 8.96. The van der Waals surface area contributed by atoms with Crippen LogP contribution in [0.5, 0.6) is 0 Å². The Hall–Kier alpha value is -1.88. The standard InChI is InChI=1S/C19H26ClNO4/c1-6-25-17(23)11-16(22)19(5,12(2)3)21-18(24)13(4)14-7-9-15(20)10-8-14/h7-10,12-13H,6,11H2,1-5H3,(H,21,24). The topological polar surface area (TPSA) is 72.5 Å². The quantitative estimate of drug-likeness (QED) is 0.563. The van der Waals surface area contributed by atoms with Crippen LogP contribution in [0.4, 0.5) is 0 Å². The smallest absolute Gasteiger partial charge is 0.313 e. The van der Waals surface area contributed by atoms with Crippen LogP contribution in [-0.2, 0) is 19.1 Å². The van der Waals surface area contributed by atoms with Gasteiger partial charge in [0.15, 0.2) is 5.78 Å². The molecule has 25 heavy (non-hydrogen) atoms. The zero-order chi connectivity index (χ0) is 19.2. The molecule has 1 aromatic carbocycles. The van der Waals surface area contributed by atoms with Gasteiger partial charge in [0.1, 0.15) is 6.42 Å². The Balaban J connectivity index is 2.91. The maximum Gasteiger partial charge on any atom is 0.313 e. The number of ether oxygens (including phenoxy) is 1. The Kier molecular flexibility index (Phi) is 7.61. The minimum atomic E-state index is -1.15. The van der Waals surface area contributed by atoms with Gasteiger partial charge in [-0.05, 0) is 44.4 Å². The maximum atomic E-state index is 12.7. The van der Waals surface area contributed by atoms with Crippen LogP contribution in [0, 0.1) is 5.92 Å². The summed E-state index contributed by atoms with van der Waals surface area (Å²) in [6, 6.07) is 6.99. The number of carbonyl (C=O) groups is 3. The second-order valence-corrected chi connectivity index (χ2v) is 6.96. The lowest BCUT2D eigenvalue weighted by atomic mass is 9.82. The first kappa shape index (κ1) is 21.2. The third kappa shape index (κ3) is 5.56. The Morgan fingerprint density at radius 1 is 1.16 bits per heavy atom. The van der Waals surface area contributed by atoms with E-state index in [2.05, 4.69) is 5.32 Å². The molecule has 0 saturated heterocycles. The number of Topliss-reactive ketones (excluding diaryl/α,β-unsaturated/α-hetero) is 1. The summed E-state index contributed by atoms with van der Waals surface area (Å²) in [4.78, 5) is 36.9. The van der Waals surface area contributed by atoms with Gasteiger partial charge in [0.25, 0.3) is 0 Å². The van der Waals surface area contributed by atoms with Gasteiger partial charge < -0.3 is 10.1 Å². The fraction of sp³-hybridized carbons (Fsp3) is 0.526. The van der Waals surface area contributed by atoms with Crippen molar-refractivity contribution in [2.45, 2.75) is 52.5 Å².